The predicted octanol–water partition coefficient (Wildman–Crippen LogP) is 2.96. The first-order valence-corrected chi connectivity index (χ1v) is 7.47. The molecule has 3 heteroatoms. The van der Waals surface area contributed by atoms with Gasteiger partial charge in [-0.3, -0.25) is 0 Å². The van der Waals surface area contributed by atoms with E-state index in [1.807, 2.05) is 0 Å². The molecule has 1 aromatic carbocycles. The van der Waals surface area contributed by atoms with Crippen molar-refractivity contribution >= 4 is 11.8 Å². The molecule has 0 aromatic heterocycles. The number of thioether (sulfide) groups is 1. The van der Waals surface area contributed by atoms with Crippen molar-refractivity contribution in [1.82, 2.24) is 5.32 Å². The second-order valence-electron chi connectivity index (χ2n) is 4.59. The van der Waals surface area contributed by atoms with Crippen LogP contribution in [0.5, 0.6) is 5.75 Å². The SMILES string of the molecule is COc1ccc(CCNCC2CC2)cc1SC. The molecule has 1 aromatic rings. The molecule has 1 saturated carbocycles. The smallest absolute Gasteiger partial charge is 0.132 e. The van der Waals surface area contributed by atoms with E-state index in [0.29, 0.717) is 0 Å². The normalized spacial score (nSPS) is 14.9. The minimum Gasteiger partial charge on any atom is -0.496 e. The summed E-state index contributed by atoms with van der Waals surface area (Å²) in [5.41, 5.74) is 1.39. The van der Waals surface area contributed by atoms with Crippen LogP contribution in [0.4, 0.5) is 0 Å². The van der Waals surface area contributed by atoms with E-state index in [0.717, 1.165) is 24.6 Å². The van der Waals surface area contributed by atoms with Gasteiger partial charge >= 0.3 is 0 Å². The molecule has 1 fully saturated rings. The molecule has 1 aliphatic rings. The van der Waals surface area contributed by atoms with Gasteiger partial charge in [0.15, 0.2) is 0 Å². The van der Waals surface area contributed by atoms with Crippen LogP contribution in [0.3, 0.4) is 0 Å². The van der Waals surface area contributed by atoms with E-state index >= 15 is 0 Å². The highest BCUT2D eigenvalue weighted by molar-refractivity contribution is 7.98. The van der Waals surface area contributed by atoms with E-state index in [2.05, 4.69) is 29.8 Å². The molecular formula is C14H21NOS. The lowest BCUT2D eigenvalue weighted by atomic mass is 10.1. The molecule has 1 aliphatic carbocycles. The van der Waals surface area contributed by atoms with Gasteiger partial charge in [-0.1, -0.05) is 6.07 Å². The van der Waals surface area contributed by atoms with E-state index in [1.165, 1.54) is 29.8 Å². The monoisotopic (exact) mass is 251 g/mol. The fourth-order valence-electron chi connectivity index (χ4n) is 1.90. The van der Waals surface area contributed by atoms with E-state index in [1.54, 1.807) is 18.9 Å². The summed E-state index contributed by atoms with van der Waals surface area (Å²) in [4.78, 5) is 1.23. The minimum atomic E-state index is 0.965. The van der Waals surface area contributed by atoms with Gasteiger partial charge in [-0.05, 0) is 62.2 Å². The Morgan fingerprint density at radius 3 is 2.88 bits per heavy atom. The van der Waals surface area contributed by atoms with Crippen molar-refractivity contribution in [3.63, 3.8) is 0 Å². The summed E-state index contributed by atoms with van der Waals surface area (Å²) in [5, 5.41) is 3.52. The third-order valence-corrected chi connectivity index (χ3v) is 3.93. The van der Waals surface area contributed by atoms with Gasteiger partial charge in [-0.2, -0.15) is 0 Å². The zero-order valence-electron chi connectivity index (χ0n) is 10.7. The molecule has 1 N–H and O–H groups in total. The maximum absolute atomic E-state index is 5.32. The quantitative estimate of drug-likeness (QED) is 0.594. The van der Waals surface area contributed by atoms with Crippen LogP contribution in [0, 0.1) is 5.92 Å². The molecular weight excluding hydrogens is 230 g/mol. The van der Waals surface area contributed by atoms with Crippen LogP contribution in [-0.4, -0.2) is 26.5 Å². The van der Waals surface area contributed by atoms with Crippen LogP contribution < -0.4 is 10.1 Å². The summed E-state index contributed by atoms with van der Waals surface area (Å²) in [7, 11) is 1.73. The third kappa shape index (κ3) is 3.93. The predicted molar refractivity (Wildman–Crippen MR) is 74.1 cm³/mol. The standard InChI is InChI=1S/C14H21NOS/c1-16-13-6-5-11(9-14(13)17-2)7-8-15-10-12-3-4-12/h5-6,9,12,15H,3-4,7-8,10H2,1-2H3. The molecule has 0 amide bonds. The van der Waals surface area contributed by atoms with Crippen molar-refractivity contribution in [2.45, 2.75) is 24.2 Å². The van der Waals surface area contributed by atoms with E-state index in [4.69, 9.17) is 4.74 Å². The van der Waals surface area contributed by atoms with Gasteiger partial charge in [-0.15, -0.1) is 11.8 Å². The van der Waals surface area contributed by atoms with Crippen LogP contribution in [0.15, 0.2) is 23.1 Å². The Labute approximate surface area is 108 Å². The van der Waals surface area contributed by atoms with Gasteiger partial charge in [0, 0.05) is 4.90 Å². The van der Waals surface area contributed by atoms with E-state index < -0.39 is 0 Å². The lowest BCUT2D eigenvalue weighted by Crippen LogP contribution is -2.19. The number of hydrogen-bond donors (Lipinski definition) is 1. The number of rotatable bonds is 7. The summed E-state index contributed by atoms with van der Waals surface area (Å²) in [6.07, 6.45) is 6.04. The number of nitrogens with one attached hydrogen (secondary N) is 1. The molecule has 2 rings (SSSR count). The molecule has 94 valence electrons. The van der Waals surface area contributed by atoms with Crippen molar-refractivity contribution in [1.29, 1.82) is 0 Å². The topological polar surface area (TPSA) is 21.3 Å². The van der Waals surface area contributed by atoms with Crippen LogP contribution in [0.25, 0.3) is 0 Å². The largest absolute Gasteiger partial charge is 0.496 e. The number of ether oxygens (including phenoxy) is 1. The number of benzene rings is 1. The summed E-state index contributed by atoms with van der Waals surface area (Å²) < 4.78 is 5.32. The van der Waals surface area contributed by atoms with Crippen molar-refractivity contribution in [2.75, 3.05) is 26.5 Å². The number of hydrogen-bond acceptors (Lipinski definition) is 3. The van der Waals surface area contributed by atoms with Crippen LogP contribution in [-0.2, 0) is 6.42 Å². The van der Waals surface area contributed by atoms with Crippen LogP contribution in [0.1, 0.15) is 18.4 Å². The first-order valence-electron chi connectivity index (χ1n) is 6.25. The van der Waals surface area contributed by atoms with Gasteiger partial charge in [0.2, 0.25) is 0 Å². The lowest BCUT2D eigenvalue weighted by molar-refractivity contribution is 0.404. The third-order valence-electron chi connectivity index (χ3n) is 3.17. The summed E-state index contributed by atoms with van der Waals surface area (Å²) in [6, 6.07) is 6.47. The lowest BCUT2D eigenvalue weighted by Gasteiger charge is -2.09. The average molecular weight is 251 g/mol. The second kappa shape index (κ2) is 6.31. The molecule has 17 heavy (non-hydrogen) atoms. The summed E-state index contributed by atoms with van der Waals surface area (Å²) >= 11 is 1.74. The van der Waals surface area contributed by atoms with Crippen molar-refractivity contribution < 1.29 is 4.74 Å². The highest BCUT2D eigenvalue weighted by Crippen LogP contribution is 2.29. The fraction of sp³-hybridized carbons (Fsp3) is 0.571. The van der Waals surface area contributed by atoms with Crippen molar-refractivity contribution in [2.24, 2.45) is 5.92 Å². The molecule has 2 nitrogen and oxygen atoms in total. The number of methoxy groups -OCH3 is 1. The van der Waals surface area contributed by atoms with Gasteiger partial charge in [0.25, 0.3) is 0 Å². The summed E-state index contributed by atoms with van der Waals surface area (Å²) in [5.74, 6) is 1.94. The van der Waals surface area contributed by atoms with Gasteiger partial charge in [0.05, 0.1) is 7.11 Å². The Morgan fingerprint density at radius 2 is 2.24 bits per heavy atom. The van der Waals surface area contributed by atoms with Gasteiger partial charge in [-0.25, -0.2) is 0 Å². The molecule has 0 aliphatic heterocycles. The van der Waals surface area contributed by atoms with Crippen LogP contribution >= 0.6 is 11.8 Å². The van der Waals surface area contributed by atoms with Gasteiger partial charge < -0.3 is 10.1 Å². The van der Waals surface area contributed by atoms with E-state index in [-0.39, 0.29) is 0 Å². The zero-order chi connectivity index (χ0) is 12.1. The fourth-order valence-corrected chi connectivity index (χ4v) is 2.52. The molecule has 0 spiro atoms. The maximum Gasteiger partial charge on any atom is 0.132 e. The Morgan fingerprint density at radius 1 is 1.41 bits per heavy atom. The minimum absolute atomic E-state index is 0.965. The molecule has 0 unspecified atom stereocenters. The molecule has 0 bridgehead atoms. The second-order valence-corrected chi connectivity index (χ2v) is 5.43. The average Bonchev–Trinajstić information content (AvgIpc) is 3.18. The van der Waals surface area contributed by atoms with Crippen LogP contribution in [0.2, 0.25) is 0 Å². The Bertz CT molecular complexity index is 363. The van der Waals surface area contributed by atoms with Crippen molar-refractivity contribution in [3.8, 4) is 5.75 Å². The first-order chi connectivity index (χ1) is 8.33. The Hall–Kier alpha value is -0.670. The van der Waals surface area contributed by atoms with Gasteiger partial charge in [0.1, 0.15) is 5.75 Å². The zero-order valence-corrected chi connectivity index (χ0v) is 11.5. The van der Waals surface area contributed by atoms with Crippen molar-refractivity contribution in [3.05, 3.63) is 23.8 Å². The first kappa shape index (κ1) is 12.8. The molecule has 0 radical (unpaired) electrons. The molecule has 0 atom stereocenters. The molecule has 0 saturated heterocycles. The maximum atomic E-state index is 5.32. The highest BCUT2D eigenvalue weighted by Gasteiger charge is 2.19. The highest BCUT2D eigenvalue weighted by atomic mass is 32.2. The molecule has 0 heterocycles. The van der Waals surface area contributed by atoms with E-state index in [9.17, 15) is 0 Å². The Kier molecular flexibility index (Phi) is 4.75. The summed E-state index contributed by atoms with van der Waals surface area (Å²) in [6.45, 7) is 2.28. The Balaban J connectivity index is 1.82.